The average molecular weight is 449 g/mol. The first-order chi connectivity index (χ1) is 14.9. The lowest BCUT2D eigenvalue weighted by molar-refractivity contribution is -0.141. The van der Waals surface area contributed by atoms with E-state index in [1.165, 1.54) is 64.7 Å². The molecule has 0 aromatic rings. The van der Waals surface area contributed by atoms with Gasteiger partial charge in [0.2, 0.25) is 5.91 Å². The van der Waals surface area contributed by atoms with Crippen molar-refractivity contribution >= 4 is 11.9 Å². The van der Waals surface area contributed by atoms with Crippen LogP contribution in [0.1, 0.15) is 90.9 Å². The Kier molecular flexibility index (Phi) is 25.8. The quantitative estimate of drug-likeness (QED) is 0.181. The van der Waals surface area contributed by atoms with Crippen LogP contribution in [0.3, 0.4) is 0 Å². The van der Waals surface area contributed by atoms with E-state index in [2.05, 4.69) is 12.2 Å². The molecule has 0 unspecified atom stereocenters. The Balaban J connectivity index is 0. The lowest BCUT2D eigenvalue weighted by Crippen LogP contribution is -2.38. The van der Waals surface area contributed by atoms with Crippen molar-refractivity contribution in [2.24, 2.45) is 0 Å². The van der Waals surface area contributed by atoms with Gasteiger partial charge >= 0.3 is 5.97 Å². The van der Waals surface area contributed by atoms with Crippen molar-refractivity contribution in [1.29, 1.82) is 0 Å². The van der Waals surface area contributed by atoms with Crippen molar-refractivity contribution in [2.75, 3.05) is 39.5 Å². The Morgan fingerprint density at radius 2 is 1.13 bits per heavy atom. The van der Waals surface area contributed by atoms with Gasteiger partial charge in [0.15, 0.2) is 0 Å². The summed E-state index contributed by atoms with van der Waals surface area (Å²) in [6, 6.07) is -0.787. The summed E-state index contributed by atoms with van der Waals surface area (Å²) in [4.78, 5) is 23.8. The predicted molar refractivity (Wildman–Crippen MR) is 124 cm³/mol. The van der Waals surface area contributed by atoms with E-state index in [1.807, 2.05) is 0 Å². The molecular formula is C23H48N2O6. The van der Waals surface area contributed by atoms with Gasteiger partial charge in [0.1, 0.15) is 6.04 Å². The van der Waals surface area contributed by atoms with Crippen LogP contribution in [0.25, 0.3) is 0 Å². The highest BCUT2D eigenvalue weighted by atomic mass is 16.4. The third kappa shape index (κ3) is 24.9. The standard InChI is InChI=1S/C17H33NO3.C6H15NO3/c1-3-4-5-6-7-8-9-10-11-12-13-14-16(19)18-15(2)17(20)21;8-4-1-7(2-5-9)3-6-10/h15H,3-14H2,1-2H3,(H,18,19)(H,20,21);8-10H,1-6H2/t15-;/m0./s1. The van der Waals surface area contributed by atoms with Crippen molar-refractivity contribution in [3.8, 4) is 0 Å². The minimum absolute atomic E-state index is 0.0694. The molecule has 0 heterocycles. The highest BCUT2D eigenvalue weighted by Gasteiger charge is 2.13. The van der Waals surface area contributed by atoms with Crippen molar-refractivity contribution in [3.05, 3.63) is 0 Å². The van der Waals surface area contributed by atoms with Crippen molar-refractivity contribution < 1.29 is 30.0 Å². The molecule has 0 bridgehead atoms. The van der Waals surface area contributed by atoms with Crippen LogP contribution < -0.4 is 5.32 Å². The number of aliphatic hydroxyl groups is 3. The molecule has 8 heteroatoms. The summed E-state index contributed by atoms with van der Waals surface area (Å²) >= 11 is 0. The Hall–Kier alpha value is -1.22. The number of carboxylic acid groups (broad SMARTS) is 1. The van der Waals surface area contributed by atoms with Crippen LogP contribution >= 0.6 is 0 Å². The number of hydrogen-bond donors (Lipinski definition) is 5. The SMILES string of the molecule is CCCCCCCCCCCCCC(=O)N[C@@H](C)C(=O)O.OCCN(CCO)CCO. The van der Waals surface area contributed by atoms with Gasteiger partial charge in [0, 0.05) is 26.1 Å². The number of carbonyl (C=O) groups excluding carboxylic acids is 1. The fourth-order valence-electron chi connectivity index (χ4n) is 3.08. The highest BCUT2D eigenvalue weighted by molar-refractivity contribution is 5.83. The molecule has 0 fully saturated rings. The van der Waals surface area contributed by atoms with E-state index in [9.17, 15) is 9.59 Å². The molecule has 1 amide bonds. The molecule has 186 valence electrons. The Morgan fingerprint density at radius 3 is 1.48 bits per heavy atom. The van der Waals surface area contributed by atoms with E-state index >= 15 is 0 Å². The van der Waals surface area contributed by atoms with E-state index in [-0.39, 0.29) is 25.7 Å². The van der Waals surface area contributed by atoms with Gasteiger partial charge in [-0.2, -0.15) is 0 Å². The van der Waals surface area contributed by atoms with E-state index in [0.29, 0.717) is 26.1 Å². The van der Waals surface area contributed by atoms with Crippen LogP contribution in [-0.2, 0) is 9.59 Å². The first-order valence-corrected chi connectivity index (χ1v) is 12.0. The van der Waals surface area contributed by atoms with Gasteiger partial charge in [0.25, 0.3) is 0 Å². The molecule has 5 N–H and O–H groups in total. The zero-order chi connectivity index (χ0) is 23.7. The second-order valence-corrected chi connectivity index (χ2v) is 7.93. The van der Waals surface area contributed by atoms with Crippen LogP contribution in [0.5, 0.6) is 0 Å². The van der Waals surface area contributed by atoms with Crippen molar-refractivity contribution in [2.45, 2.75) is 96.9 Å². The van der Waals surface area contributed by atoms with Gasteiger partial charge in [-0.1, -0.05) is 71.1 Å². The van der Waals surface area contributed by atoms with Gasteiger partial charge in [-0.05, 0) is 13.3 Å². The number of carboxylic acids is 1. The highest BCUT2D eigenvalue weighted by Crippen LogP contribution is 2.11. The molecule has 0 spiro atoms. The maximum absolute atomic E-state index is 11.4. The van der Waals surface area contributed by atoms with E-state index in [0.717, 1.165) is 12.8 Å². The number of aliphatic carboxylic acids is 1. The summed E-state index contributed by atoms with van der Waals surface area (Å²) in [6.07, 6.45) is 14.2. The maximum Gasteiger partial charge on any atom is 0.325 e. The number of nitrogens with one attached hydrogen (secondary N) is 1. The topological polar surface area (TPSA) is 130 Å². The summed E-state index contributed by atoms with van der Waals surface area (Å²) in [5.74, 6) is -1.14. The Bertz CT molecular complexity index is 395. The van der Waals surface area contributed by atoms with Crippen LogP contribution in [0.15, 0.2) is 0 Å². The summed E-state index contributed by atoms with van der Waals surface area (Å²) < 4.78 is 0. The molecule has 0 rings (SSSR count). The van der Waals surface area contributed by atoms with Crippen LogP contribution in [-0.4, -0.2) is 82.7 Å². The van der Waals surface area contributed by atoms with Gasteiger partial charge in [-0.3, -0.25) is 14.5 Å². The maximum atomic E-state index is 11.4. The first kappa shape index (κ1) is 32.0. The number of nitrogens with zero attached hydrogens (tertiary/aromatic N) is 1. The Morgan fingerprint density at radius 1 is 0.742 bits per heavy atom. The van der Waals surface area contributed by atoms with Crippen molar-refractivity contribution in [3.63, 3.8) is 0 Å². The van der Waals surface area contributed by atoms with Crippen LogP contribution in [0.2, 0.25) is 0 Å². The third-order valence-electron chi connectivity index (χ3n) is 5.00. The zero-order valence-corrected chi connectivity index (χ0v) is 19.9. The molecular weight excluding hydrogens is 400 g/mol. The second-order valence-electron chi connectivity index (χ2n) is 7.93. The average Bonchev–Trinajstić information content (AvgIpc) is 2.73. The molecule has 0 aromatic heterocycles. The predicted octanol–water partition coefficient (Wildman–Crippen LogP) is 2.54. The molecule has 0 aromatic carbocycles. The van der Waals surface area contributed by atoms with Crippen LogP contribution in [0.4, 0.5) is 0 Å². The monoisotopic (exact) mass is 448 g/mol. The van der Waals surface area contributed by atoms with E-state index < -0.39 is 12.0 Å². The van der Waals surface area contributed by atoms with E-state index in [4.69, 9.17) is 20.4 Å². The summed E-state index contributed by atoms with van der Waals surface area (Å²) in [5, 5.41) is 36.6. The molecule has 1 atom stereocenters. The first-order valence-electron chi connectivity index (χ1n) is 12.0. The second kappa shape index (κ2) is 25.0. The van der Waals surface area contributed by atoms with Gasteiger partial charge in [0.05, 0.1) is 19.8 Å². The molecule has 31 heavy (non-hydrogen) atoms. The summed E-state index contributed by atoms with van der Waals surface area (Å²) in [7, 11) is 0. The molecule has 0 aliphatic heterocycles. The number of carbonyl (C=O) groups is 2. The molecule has 0 saturated heterocycles. The molecule has 8 nitrogen and oxygen atoms in total. The number of aliphatic hydroxyl groups excluding tert-OH is 3. The fourth-order valence-corrected chi connectivity index (χ4v) is 3.08. The molecule has 0 aliphatic carbocycles. The number of rotatable bonds is 20. The molecule has 0 aliphatic rings. The minimum atomic E-state index is -0.984. The lowest BCUT2D eigenvalue weighted by atomic mass is 10.1. The molecule has 0 radical (unpaired) electrons. The van der Waals surface area contributed by atoms with E-state index in [1.54, 1.807) is 4.90 Å². The fraction of sp³-hybridized carbons (Fsp3) is 0.913. The largest absolute Gasteiger partial charge is 0.480 e. The third-order valence-corrected chi connectivity index (χ3v) is 5.00. The van der Waals surface area contributed by atoms with Crippen molar-refractivity contribution in [1.82, 2.24) is 10.2 Å². The smallest absolute Gasteiger partial charge is 0.325 e. The summed E-state index contributed by atoms with van der Waals surface area (Å²) in [6.45, 7) is 5.48. The summed E-state index contributed by atoms with van der Waals surface area (Å²) in [5.41, 5.74) is 0. The minimum Gasteiger partial charge on any atom is -0.480 e. The number of hydrogen-bond acceptors (Lipinski definition) is 6. The number of unbranched alkanes of at least 4 members (excludes halogenated alkanes) is 10. The molecule has 0 saturated carbocycles. The Labute approximate surface area is 189 Å². The number of amides is 1. The van der Waals surface area contributed by atoms with Gasteiger partial charge in [-0.25, -0.2) is 0 Å². The van der Waals surface area contributed by atoms with Crippen LogP contribution in [0, 0.1) is 0 Å². The van der Waals surface area contributed by atoms with Gasteiger partial charge < -0.3 is 25.7 Å². The van der Waals surface area contributed by atoms with Gasteiger partial charge in [-0.15, -0.1) is 0 Å². The lowest BCUT2D eigenvalue weighted by Gasteiger charge is -2.17. The normalized spacial score (nSPS) is 11.7. The zero-order valence-electron chi connectivity index (χ0n) is 19.9.